The van der Waals surface area contributed by atoms with Gasteiger partial charge in [-0.2, -0.15) is 4.31 Å². The summed E-state index contributed by atoms with van der Waals surface area (Å²) in [7, 11) is -3.58. The lowest BCUT2D eigenvalue weighted by Gasteiger charge is -2.25. The molecule has 0 unspecified atom stereocenters. The molecule has 128 valence electrons. The van der Waals surface area contributed by atoms with E-state index < -0.39 is 10.0 Å². The molecule has 0 amide bonds. The molecule has 2 aromatic carbocycles. The maximum Gasteiger partial charge on any atom is 0.243 e. The van der Waals surface area contributed by atoms with Crippen LogP contribution >= 0.6 is 0 Å². The quantitative estimate of drug-likeness (QED) is 0.831. The van der Waals surface area contributed by atoms with Crippen LogP contribution < -0.4 is 0 Å². The molecule has 1 aliphatic heterocycles. The predicted octanol–water partition coefficient (Wildman–Crippen LogP) is 4.28. The second-order valence-electron chi connectivity index (χ2n) is 6.53. The molecule has 0 radical (unpaired) electrons. The SMILES string of the molecule is Cc1cc(C)c(S(=O)(=O)N2CCC[C@@H]2c2ccc(F)cc2)cc1C. The number of rotatable bonds is 3. The molecule has 0 aromatic heterocycles. The Hall–Kier alpha value is -1.72. The van der Waals surface area contributed by atoms with E-state index in [1.807, 2.05) is 26.8 Å². The van der Waals surface area contributed by atoms with Crippen molar-refractivity contribution in [1.29, 1.82) is 0 Å². The molecule has 0 spiro atoms. The van der Waals surface area contributed by atoms with Gasteiger partial charge in [0.1, 0.15) is 5.82 Å². The van der Waals surface area contributed by atoms with E-state index in [-0.39, 0.29) is 11.9 Å². The lowest BCUT2D eigenvalue weighted by Crippen LogP contribution is -2.31. The fourth-order valence-electron chi connectivity index (χ4n) is 3.38. The Morgan fingerprint density at radius 2 is 1.62 bits per heavy atom. The Morgan fingerprint density at radius 3 is 2.29 bits per heavy atom. The minimum atomic E-state index is -3.58. The van der Waals surface area contributed by atoms with Gasteiger partial charge in [-0.05, 0) is 74.1 Å². The smallest absolute Gasteiger partial charge is 0.207 e. The molecule has 1 fully saturated rings. The first-order valence-electron chi connectivity index (χ1n) is 8.16. The Kier molecular flexibility index (Phi) is 4.49. The van der Waals surface area contributed by atoms with Crippen molar-refractivity contribution in [1.82, 2.24) is 4.31 Å². The molecule has 3 nitrogen and oxygen atoms in total. The minimum Gasteiger partial charge on any atom is -0.207 e. The number of sulfonamides is 1. The van der Waals surface area contributed by atoms with Gasteiger partial charge < -0.3 is 0 Å². The normalized spacial score (nSPS) is 18.9. The third-order valence-electron chi connectivity index (χ3n) is 4.84. The van der Waals surface area contributed by atoms with Crippen LogP contribution in [-0.2, 0) is 10.0 Å². The molecular formula is C19H22FNO2S. The molecule has 0 aliphatic carbocycles. The van der Waals surface area contributed by atoms with Crippen molar-refractivity contribution in [3.63, 3.8) is 0 Å². The van der Waals surface area contributed by atoms with Gasteiger partial charge in [-0.1, -0.05) is 18.2 Å². The summed E-state index contributed by atoms with van der Waals surface area (Å²) in [4.78, 5) is 0.375. The van der Waals surface area contributed by atoms with Crippen molar-refractivity contribution in [3.05, 3.63) is 64.5 Å². The number of halogens is 1. The molecule has 2 aromatic rings. The van der Waals surface area contributed by atoms with Crippen LogP contribution in [0.2, 0.25) is 0 Å². The van der Waals surface area contributed by atoms with Crippen molar-refractivity contribution < 1.29 is 12.8 Å². The van der Waals surface area contributed by atoms with Crippen LogP contribution in [0.25, 0.3) is 0 Å². The zero-order valence-corrected chi connectivity index (χ0v) is 15.0. The third kappa shape index (κ3) is 2.98. The first-order valence-corrected chi connectivity index (χ1v) is 9.60. The van der Waals surface area contributed by atoms with Crippen LogP contribution in [-0.4, -0.2) is 19.3 Å². The number of nitrogens with zero attached hydrogens (tertiary/aromatic N) is 1. The zero-order valence-electron chi connectivity index (χ0n) is 14.2. The Labute approximate surface area is 143 Å². The van der Waals surface area contributed by atoms with E-state index in [0.29, 0.717) is 11.4 Å². The molecular weight excluding hydrogens is 325 g/mol. The van der Waals surface area contributed by atoms with E-state index >= 15 is 0 Å². The van der Waals surface area contributed by atoms with Crippen LogP contribution in [0.3, 0.4) is 0 Å². The molecule has 0 bridgehead atoms. The standard InChI is InChI=1S/C19H22FNO2S/c1-13-11-15(3)19(12-14(13)2)24(22,23)21-10-4-5-18(21)16-6-8-17(20)9-7-16/h6-9,11-12,18H,4-5,10H2,1-3H3/t18-/m1/s1. The summed E-state index contributed by atoms with van der Waals surface area (Å²) in [6, 6.07) is 9.60. The van der Waals surface area contributed by atoms with E-state index in [1.165, 1.54) is 12.1 Å². The monoisotopic (exact) mass is 347 g/mol. The van der Waals surface area contributed by atoms with E-state index in [1.54, 1.807) is 22.5 Å². The van der Waals surface area contributed by atoms with Gasteiger partial charge in [0.15, 0.2) is 0 Å². The van der Waals surface area contributed by atoms with Gasteiger partial charge in [0.25, 0.3) is 0 Å². The maximum atomic E-state index is 13.2. The highest BCUT2D eigenvalue weighted by molar-refractivity contribution is 7.89. The summed E-state index contributed by atoms with van der Waals surface area (Å²) < 4.78 is 41.2. The fourth-order valence-corrected chi connectivity index (χ4v) is 5.36. The maximum absolute atomic E-state index is 13.2. The molecule has 1 saturated heterocycles. The summed E-state index contributed by atoms with van der Waals surface area (Å²) in [5, 5.41) is 0. The van der Waals surface area contributed by atoms with Gasteiger partial charge in [-0.15, -0.1) is 0 Å². The van der Waals surface area contributed by atoms with Gasteiger partial charge >= 0.3 is 0 Å². The van der Waals surface area contributed by atoms with Gasteiger partial charge in [0, 0.05) is 6.54 Å². The summed E-state index contributed by atoms with van der Waals surface area (Å²) >= 11 is 0. The molecule has 3 rings (SSSR count). The van der Waals surface area contributed by atoms with Crippen molar-refractivity contribution in [3.8, 4) is 0 Å². The van der Waals surface area contributed by atoms with E-state index in [4.69, 9.17) is 0 Å². The third-order valence-corrected chi connectivity index (χ3v) is 6.89. The second-order valence-corrected chi connectivity index (χ2v) is 8.39. The topological polar surface area (TPSA) is 37.4 Å². The summed E-state index contributed by atoms with van der Waals surface area (Å²) in [6.45, 7) is 6.24. The fraction of sp³-hybridized carbons (Fsp3) is 0.368. The van der Waals surface area contributed by atoms with Crippen LogP contribution in [0.5, 0.6) is 0 Å². The number of hydrogen-bond donors (Lipinski definition) is 0. The molecule has 1 atom stereocenters. The highest BCUT2D eigenvalue weighted by Gasteiger charge is 2.37. The minimum absolute atomic E-state index is 0.225. The molecule has 24 heavy (non-hydrogen) atoms. The molecule has 1 aliphatic rings. The van der Waals surface area contributed by atoms with Gasteiger partial charge in [-0.25, -0.2) is 12.8 Å². The molecule has 5 heteroatoms. The summed E-state index contributed by atoms with van der Waals surface area (Å²) in [5.41, 5.74) is 3.67. The number of hydrogen-bond acceptors (Lipinski definition) is 2. The average molecular weight is 347 g/mol. The largest absolute Gasteiger partial charge is 0.243 e. The van der Waals surface area contributed by atoms with E-state index in [9.17, 15) is 12.8 Å². The number of aryl methyl sites for hydroxylation is 3. The van der Waals surface area contributed by atoms with Crippen LogP contribution in [0.15, 0.2) is 41.3 Å². The second kappa shape index (κ2) is 6.30. The highest BCUT2D eigenvalue weighted by atomic mass is 32.2. The Morgan fingerprint density at radius 1 is 1.00 bits per heavy atom. The van der Waals surface area contributed by atoms with Gasteiger partial charge in [0.2, 0.25) is 10.0 Å². The Bertz CT molecular complexity index is 860. The van der Waals surface area contributed by atoms with Crippen molar-refractivity contribution in [2.24, 2.45) is 0 Å². The van der Waals surface area contributed by atoms with Crippen molar-refractivity contribution >= 4 is 10.0 Å². The molecule has 0 saturated carbocycles. The summed E-state index contributed by atoms with van der Waals surface area (Å²) in [5.74, 6) is -0.309. The highest BCUT2D eigenvalue weighted by Crippen LogP contribution is 2.37. The van der Waals surface area contributed by atoms with Crippen molar-refractivity contribution in [2.75, 3.05) is 6.54 Å². The van der Waals surface area contributed by atoms with E-state index in [0.717, 1.165) is 35.1 Å². The van der Waals surface area contributed by atoms with Crippen LogP contribution in [0.1, 0.15) is 41.1 Å². The lowest BCUT2D eigenvalue weighted by molar-refractivity contribution is 0.396. The zero-order chi connectivity index (χ0) is 17.5. The van der Waals surface area contributed by atoms with Crippen LogP contribution in [0.4, 0.5) is 4.39 Å². The first kappa shape index (κ1) is 17.1. The van der Waals surface area contributed by atoms with Gasteiger partial charge in [0.05, 0.1) is 10.9 Å². The number of benzene rings is 2. The predicted molar refractivity (Wildman–Crippen MR) is 92.9 cm³/mol. The van der Waals surface area contributed by atoms with Gasteiger partial charge in [-0.3, -0.25) is 0 Å². The molecule has 0 N–H and O–H groups in total. The average Bonchev–Trinajstić information content (AvgIpc) is 3.02. The molecule has 1 heterocycles. The lowest BCUT2D eigenvalue weighted by atomic mass is 10.1. The first-order chi connectivity index (χ1) is 11.3. The van der Waals surface area contributed by atoms with Crippen LogP contribution in [0, 0.1) is 26.6 Å². The Balaban J connectivity index is 2.02. The van der Waals surface area contributed by atoms with E-state index in [2.05, 4.69) is 0 Å². The van der Waals surface area contributed by atoms with Crippen molar-refractivity contribution in [2.45, 2.75) is 44.6 Å². The summed E-state index contributed by atoms with van der Waals surface area (Å²) in [6.07, 6.45) is 1.57.